The van der Waals surface area contributed by atoms with Gasteiger partial charge in [-0.25, -0.2) is 9.18 Å². The van der Waals surface area contributed by atoms with Gasteiger partial charge < -0.3 is 24.8 Å². The lowest BCUT2D eigenvalue weighted by molar-refractivity contribution is -0.142. The molecule has 1 unspecified atom stereocenters. The first-order chi connectivity index (χ1) is 17.8. The van der Waals surface area contributed by atoms with Gasteiger partial charge in [0.1, 0.15) is 11.8 Å². The van der Waals surface area contributed by atoms with E-state index in [4.69, 9.17) is 9.47 Å². The van der Waals surface area contributed by atoms with Crippen molar-refractivity contribution in [1.29, 1.82) is 0 Å². The lowest BCUT2D eigenvalue weighted by Crippen LogP contribution is -2.44. The third-order valence-corrected chi connectivity index (χ3v) is 6.60. The van der Waals surface area contributed by atoms with Crippen molar-refractivity contribution in [3.05, 3.63) is 59.4 Å². The largest absolute Gasteiger partial charge is 0.497 e. The van der Waals surface area contributed by atoms with E-state index in [0.29, 0.717) is 44.7 Å². The number of ether oxygens (including phenoxy) is 2. The molecule has 3 rings (SSSR count). The molecule has 1 heterocycles. The fraction of sp³-hybridized carbons (Fsp3) is 0.464. The van der Waals surface area contributed by atoms with E-state index >= 15 is 0 Å². The summed E-state index contributed by atoms with van der Waals surface area (Å²) in [6.07, 6.45) is 2.47. The second kappa shape index (κ2) is 13.6. The molecule has 2 amide bonds. The van der Waals surface area contributed by atoms with E-state index in [9.17, 15) is 23.9 Å². The number of benzene rings is 2. The zero-order valence-electron chi connectivity index (χ0n) is 21.4. The molecule has 1 aliphatic rings. The number of likely N-dealkylation sites (tertiary alicyclic amines) is 1. The van der Waals surface area contributed by atoms with Gasteiger partial charge in [-0.3, -0.25) is 9.59 Å². The van der Waals surface area contributed by atoms with Crippen LogP contribution in [0.2, 0.25) is 0 Å². The molecular weight excluding hydrogens is 479 g/mol. The van der Waals surface area contributed by atoms with Crippen molar-refractivity contribution in [2.24, 2.45) is 5.92 Å². The fourth-order valence-corrected chi connectivity index (χ4v) is 4.48. The summed E-state index contributed by atoms with van der Waals surface area (Å²) in [4.78, 5) is 38.7. The van der Waals surface area contributed by atoms with Gasteiger partial charge >= 0.3 is 5.97 Å². The quantitative estimate of drug-likeness (QED) is 0.448. The van der Waals surface area contributed by atoms with Crippen molar-refractivity contribution in [2.75, 3.05) is 26.8 Å². The Hall–Kier alpha value is -3.62. The molecule has 1 saturated heterocycles. The molecule has 0 spiro atoms. The Balaban J connectivity index is 1.41. The van der Waals surface area contributed by atoms with Crippen molar-refractivity contribution in [2.45, 2.75) is 51.5 Å². The van der Waals surface area contributed by atoms with Crippen LogP contribution in [-0.4, -0.2) is 60.6 Å². The number of hydrogen-bond donors (Lipinski definition) is 2. The van der Waals surface area contributed by atoms with E-state index in [1.165, 1.54) is 6.07 Å². The Morgan fingerprint density at radius 2 is 1.78 bits per heavy atom. The number of hydrogen-bond acceptors (Lipinski definition) is 5. The molecule has 2 N–H and O–H groups in total. The normalized spacial score (nSPS) is 14.6. The van der Waals surface area contributed by atoms with Crippen LogP contribution in [0, 0.1) is 11.7 Å². The first kappa shape index (κ1) is 28.0. The summed E-state index contributed by atoms with van der Waals surface area (Å²) in [5.41, 5.74) is 1.52. The number of aryl methyl sites for hydroxylation is 1. The van der Waals surface area contributed by atoms with Crippen molar-refractivity contribution < 1.29 is 33.4 Å². The van der Waals surface area contributed by atoms with Gasteiger partial charge in [0.2, 0.25) is 11.8 Å². The first-order valence-electron chi connectivity index (χ1n) is 12.6. The Morgan fingerprint density at radius 1 is 1.11 bits per heavy atom. The number of methoxy groups -OCH3 is 1. The molecular formula is C28H35FN2O6. The third-order valence-electron chi connectivity index (χ3n) is 6.60. The Kier molecular flexibility index (Phi) is 10.3. The number of carboxylic acids is 1. The maximum atomic E-state index is 14.0. The van der Waals surface area contributed by atoms with E-state index in [2.05, 4.69) is 5.32 Å². The van der Waals surface area contributed by atoms with Crippen LogP contribution >= 0.6 is 0 Å². The Labute approximate surface area is 216 Å². The number of carbonyl (C=O) groups is 3. The van der Waals surface area contributed by atoms with E-state index in [0.717, 1.165) is 11.1 Å². The summed E-state index contributed by atoms with van der Waals surface area (Å²) in [7, 11) is 1.56. The average Bonchev–Trinajstić information content (AvgIpc) is 2.89. The summed E-state index contributed by atoms with van der Waals surface area (Å²) < 4.78 is 24.4. The number of amides is 2. The number of halogens is 1. The summed E-state index contributed by atoms with van der Waals surface area (Å²) in [5.74, 6) is -0.851. The van der Waals surface area contributed by atoms with E-state index in [1.54, 1.807) is 55.3 Å². The number of carboxylic acid groups (broad SMARTS) is 1. The van der Waals surface area contributed by atoms with Crippen LogP contribution in [0.1, 0.15) is 43.7 Å². The molecule has 0 saturated carbocycles. The second-order valence-corrected chi connectivity index (χ2v) is 9.24. The Bertz CT molecular complexity index is 1070. The number of rotatable bonds is 12. The predicted molar refractivity (Wildman–Crippen MR) is 136 cm³/mol. The van der Waals surface area contributed by atoms with Gasteiger partial charge in [-0.15, -0.1) is 0 Å². The minimum absolute atomic E-state index is 0.00243. The van der Waals surface area contributed by atoms with Crippen molar-refractivity contribution in [3.63, 3.8) is 0 Å². The van der Waals surface area contributed by atoms with Gasteiger partial charge in [-0.1, -0.05) is 18.2 Å². The lowest BCUT2D eigenvalue weighted by atomic mass is 9.92. The van der Waals surface area contributed by atoms with Crippen LogP contribution < -0.4 is 14.8 Å². The van der Waals surface area contributed by atoms with Crippen molar-refractivity contribution in [3.8, 4) is 11.5 Å². The molecule has 1 fully saturated rings. The molecule has 9 heteroatoms. The maximum absolute atomic E-state index is 14.0. The number of nitrogens with one attached hydrogen (secondary N) is 1. The van der Waals surface area contributed by atoms with Crippen LogP contribution in [-0.2, 0) is 27.2 Å². The van der Waals surface area contributed by atoms with Crippen LogP contribution in [0.5, 0.6) is 11.5 Å². The van der Waals surface area contributed by atoms with Gasteiger partial charge in [-0.05, 0) is 67.5 Å². The predicted octanol–water partition coefficient (Wildman–Crippen LogP) is 3.61. The standard InChI is InChI=1S/C28H35FN2O6/c1-3-37-25-10-6-19(16-23(25)29)7-11-27(33)31-14-12-21(13-15-31)18-26(32)30-24(28(34)35)17-20-4-8-22(36-2)9-5-20/h4-6,8-10,16,21,24H,3,7,11-15,17-18H2,1-2H3,(H,30,32)(H,34,35). The molecule has 200 valence electrons. The minimum Gasteiger partial charge on any atom is -0.497 e. The molecule has 0 aromatic heterocycles. The lowest BCUT2D eigenvalue weighted by Gasteiger charge is -2.32. The third kappa shape index (κ3) is 8.48. The van der Waals surface area contributed by atoms with E-state index in [1.807, 2.05) is 0 Å². The highest BCUT2D eigenvalue weighted by Crippen LogP contribution is 2.23. The number of nitrogens with zero attached hydrogens (tertiary/aromatic N) is 1. The first-order valence-corrected chi connectivity index (χ1v) is 12.6. The highest BCUT2D eigenvalue weighted by Gasteiger charge is 2.26. The van der Waals surface area contributed by atoms with Crippen LogP contribution in [0.4, 0.5) is 4.39 Å². The smallest absolute Gasteiger partial charge is 0.326 e. The van der Waals surface area contributed by atoms with E-state index in [-0.39, 0.29) is 42.7 Å². The van der Waals surface area contributed by atoms with Gasteiger partial charge in [0.25, 0.3) is 0 Å². The molecule has 0 radical (unpaired) electrons. The van der Waals surface area contributed by atoms with Crippen LogP contribution in [0.25, 0.3) is 0 Å². The van der Waals surface area contributed by atoms with Gasteiger partial charge in [0.05, 0.1) is 13.7 Å². The monoisotopic (exact) mass is 514 g/mol. The van der Waals surface area contributed by atoms with Crippen LogP contribution in [0.3, 0.4) is 0 Å². The number of carbonyl (C=O) groups excluding carboxylic acids is 2. The van der Waals surface area contributed by atoms with Gasteiger partial charge in [0.15, 0.2) is 11.6 Å². The highest BCUT2D eigenvalue weighted by molar-refractivity contribution is 5.84. The SMILES string of the molecule is CCOc1ccc(CCC(=O)N2CCC(CC(=O)NC(Cc3ccc(OC)cc3)C(=O)O)CC2)cc1F. The zero-order chi connectivity index (χ0) is 26.8. The molecule has 37 heavy (non-hydrogen) atoms. The minimum atomic E-state index is -1.09. The van der Waals surface area contributed by atoms with Crippen LogP contribution in [0.15, 0.2) is 42.5 Å². The molecule has 8 nitrogen and oxygen atoms in total. The maximum Gasteiger partial charge on any atom is 0.326 e. The summed E-state index contributed by atoms with van der Waals surface area (Å²) in [6, 6.07) is 10.8. The fourth-order valence-electron chi connectivity index (χ4n) is 4.48. The molecule has 1 atom stereocenters. The highest BCUT2D eigenvalue weighted by atomic mass is 19.1. The topological polar surface area (TPSA) is 105 Å². The molecule has 0 aliphatic carbocycles. The van der Waals surface area contributed by atoms with Gasteiger partial charge in [-0.2, -0.15) is 0 Å². The second-order valence-electron chi connectivity index (χ2n) is 9.24. The Morgan fingerprint density at radius 3 is 2.38 bits per heavy atom. The molecule has 2 aromatic rings. The number of aliphatic carboxylic acids is 1. The summed E-state index contributed by atoms with van der Waals surface area (Å²) in [6.45, 7) is 3.26. The number of piperidine rings is 1. The molecule has 2 aromatic carbocycles. The van der Waals surface area contributed by atoms with Crippen molar-refractivity contribution >= 4 is 17.8 Å². The zero-order valence-corrected chi connectivity index (χ0v) is 21.4. The van der Waals surface area contributed by atoms with E-state index < -0.39 is 17.8 Å². The molecule has 1 aliphatic heterocycles. The average molecular weight is 515 g/mol. The summed E-state index contributed by atoms with van der Waals surface area (Å²) in [5, 5.41) is 12.2. The molecule has 0 bridgehead atoms. The van der Waals surface area contributed by atoms with Crippen molar-refractivity contribution in [1.82, 2.24) is 10.2 Å². The van der Waals surface area contributed by atoms with Gasteiger partial charge in [0, 0.05) is 32.4 Å². The summed E-state index contributed by atoms with van der Waals surface area (Å²) >= 11 is 0.